The average Bonchev–Trinajstić information content (AvgIpc) is 2.43. The summed E-state index contributed by atoms with van der Waals surface area (Å²) in [6, 6.07) is 4.41. The first-order chi connectivity index (χ1) is 9.16. The van der Waals surface area contributed by atoms with Crippen molar-refractivity contribution in [2.24, 2.45) is 0 Å². The van der Waals surface area contributed by atoms with Crippen LogP contribution in [0.3, 0.4) is 0 Å². The Morgan fingerprint density at radius 3 is 2.84 bits per heavy atom. The number of hydrogen-bond acceptors (Lipinski definition) is 3. The van der Waals surface area contributed by atoms with Crippen LogP contribution >= 0.6 is 27.7 Å². The molecule has 6 heteroatoms. The zero-order valence-electron chi connectivity index (χ0n) is 10.5. The summed E-state index contributed by atoms with van der Waals surface area (Å²) in [6.45, 7) is 3.60. The lowest BCUT2D eigenvalue weighted by molar-refractivity contribution is 0.0948. The molecule has 0 spiro atoms. The maximum absolute atomic E-state index is 13.3. The molecule has 0 radical (unpaired) electrons. The largest absolute Gasteiger partial charge is 0.351 e. The van der Waals surface area contributed by atoms with Crippen LogP contribution < -0.4 is 5.32 Å². The van der Waals surface area contributed by atoms with Crippen LogP contribution in [-0.4, -0.2) is 48.5 Å². The summed E-state index contributed by atoms with van der Waals surface area (Å²) < 4.78 is 13.7. The van der Waals surface area contributed by atoms with Gasteiger partial charge in [-0.15, -0.1) is 0 Å². The van der Waals surface area contributed by atoms with E-state index in [2.05, 4.69) is 26.1 Å². The van der Waals surface area contributed by atoms with E-state index < -0.39 is 5.82 Å². The molecule has 1 aromatic carbocycles. The predicted octanol–water partition coefficient (Wildman–Crippen LogP) is 2.37. The summed E-state index contributed by atoms with van der Waals surface area (Å²) in [4.78, 5) is 14.2. The van der Waals surface area contributed by atoms with E-state index in [-0.39, 0.29) is 5.91 Å². The second-order valence-corrected chi connectivity index (χ2v) is 6.42. The Kier molecular flexibility index (Phi) is 5.66. The molecular weight excluding hydrogens is 331 g/mol. The standard InChI is InChI=1S/C13H16BrFN2OS/c14-11-2-1-10(9-12(11)15)13(18)16-3-4-17-5-7-19-8-6-17/h1-2,9H,3-8H2,(H,16,18). The van der Waals surface area contributed by atoms with Crippen LogP contribution in [0.1, 0.15) is 10.4 Å². The van der Waals surface area contributed by atoms with E-state index in [1.807, 2.05) is 11.8 Å². The van der Waals surface area contributed by atoms with Crippen LogP contribution in [0.25, 0.3) is 0 Å². The Morgan fingerprint density at radius 2 is 2.16 bits per heavy atom. The number of nitrogens with one attached hydrogen (secondary N) is 1. The van der Waals surface area contributed by atoms with Gasteiger partial charge in [0.2, 0.25) is 0 Å². The molecular formula is C13H16BrFN2OS. The van der Waals surface area contributed by atoms with Crippen LogP contribution in [0.5, 0.6) is 0 Å². The molecule has 1 saturated heterocycles. The number of thioether (sulfide) groups is 1. The second kappa shape index (κ2) is 7.26. The van der Waals surface area contributed by atoms with Crippen LogP contribution in [0, 0.1) is 5.82 Å². The van der Waals surface area contributed by atoms with E-state index >= 15 is 0 Å². The van der Waals surface area contributed by atoms with E-state index in [1.54, 1.807) is 12.1 Å². The fourth-order valence-corrected chi connectivity index (χ4v) is 3.12. The van der Waals surface area contributed by atoms with E-state index in [4.69, 9.17) is 0 Å². The fraction of sp³-hybridized carbons (Fsp3) is 0.462. The van der Waals surface area contributed by atoms with Gasteiger partial charge in [-0.25, -0.2) is 4.39 Å². The first-order valence-electron chi connectivity index (χ1n) is 6.20. The van der Waals surface area contributed by atoms with Gasteiger partial charge < -0.3 is 5.32 Å². The number of rotatable bonds is 4. The minimum Gasteiger partial charge on any atom is -0.351 e. The summed E-state index contributed by atoms with van der Waals surface area (Å²) in [5, 5.41) is 2.82. The molecule has 1 aliphatic heterocycles. The average molecular weight is 347 g/mol. The van der Waals surface area contributed by atoms with Crippen molar-refractivity contribution in [1.82, 2.24) is 10.2 Å². The molecule has 1 amide bonds. The van der Waals surface area contributed by atoms with Crippen molar-refractivity contribution in [2.45, 2.75) is 0 Å². The van der Waals surface area contributed by atoms with Gasteiger partial charge in [0.05, 0.1) is 4.47 Å². The highest BCUT2D eigenvalue weighted by atomic mass is 79.9. The zero-order chi connectivity index (χ0) is 13.7. The monoisotopic (exact) mass is 346 g/mol. The van der Waals surface area contributed by atoms with Gasteiger partial charge in [-0.05, 0) is 34.1 Å². The van der Waals surface area contributed by atoms with Gasteiger partial charge in [0.1, 0.15) is 5.82 Å². The second-order valence-electron chi connectivity index (χ2n) is 4.34. The Hall–Kier alpha value is -0.590. The van der Waals surface area contributed by atoms with Gasteiger partial charge >= 0.3 is 0 Å². The zero-order valence-corrected chi connectivity index (χ0v) is 12.9. The SMILES string of the molecule is O=C(NCCN1CCSCC1)c1ccc(Br)c(F)c1. The van der Waals surface area contributed by atoms with Crippen molar-refractivity contribution in [3.8, 4) is 0 Å². The summed E-state index contributed by atoms with van der Waals surface area (Å²) in [5.41, 5.74) is 0.356. The van der Waals surface area contributed by atoms with Crippen LogP contribution in [0.2, 0.25) is 0 Å². The summed E-state index contributed by atoms with van der Waals surface area (Å²) >= 11 is 5.03. The van der Waals surface area contributed by atoms with Crippen molar-refractivity contribution in [2.75, 3.05) is 37.7 Å². The molecule has 19 heavy (non-hydrogen) atoms. The highest BCUT2D eigenvalue weighted by Gasteiger charge is 2.11. The van der Waals surface area contributed by atoms with Crippen molar-refractivity contribution < 1.29 is 9.18 Å². The minimum atomic E-state index is -0.416. The molecule has 1 fully saturated rings. The third kappa shape index (κ3) is 4.47. The first-order valence-corrected chi connectivity index (χ1v) is 8.15. The first kappa shape index (κ1) is 14.8. The molecule has 0 aliphatic carbocycles. The smallest absolute Gasteiger partial charge is 0.251 e. The number of halogens is 2. The highest BCUT2D eigenvalue weighted by molar-refractivity contribution is 9.10. The maximum atomic E-state index is 13.3. The minimum absolute atomic E-state index is 0.224. The quantitative estimate of drug-likeness (QED) is 0.908. The Morgan fingerprint density at radius 1 is 1.42 bits per heavy atom. The Labute approximate surface area is 125 Å². The lowest BCUT2D eigenvalue weighted by Crippen LogP contribution is -2.39. The predicted molar refractivity (Wildman–Crippen MR) is 80.2 cm³/mol. The van der Waals surface area contributed by atoms with Crippen molar-refractivity contribution in [1.29, 1.82) is 0 Å². The lowest BCUT2D eigenvalue weighted by atomic mass is 10.2. The van der Waals surface area contributed by atoms with Crippen LogP contribution in [0.15, 0.2) is 22.7 Å². The number of benzene rings is 1. The molecule has 3 nitrogen and oxygen atoms in total. The van der Waals surface area contributed by atoms with Gasteiger partial charge in [-0.3, -0.25) is 9.69 Å². The van der Waals surface area contributed by atoms with E-state index in [1.165, 1.54) is 6.07 Å². The van der Waals surface area contributed by atoms with E-state index in [0.717, 1.165) is 31.1 Å². The summed E-state index contributed by atoms with van der Waals surface area (Å²) in [5.74, 6) is 1.68. The fourth-order valence-electron chi connectivity index (χ4n) is 1.89. The van der Waals surface area contributed by atoms with Gasteiger partial charge in [0.15, 0.2) is 0 Å². The normalized spacial score (nSPS) is 16.3. The highest BCUT2D eigenvalue weighted by Crippen LogP contribution is 2.16. The molecule has 0 bridgehead atoms. The van der Waals surface area contributed by atoms with Gasteiger partial charge in [0.25, 0.3) is 5.91 Å². The van der Waals surface area contributed by atoms with Crippen molar-refractivity contribution in [3.63, 3.8) is 0 Å². The maximum Gasteiger partial charge on any atom is 0.251 e. The molecule has 1 N–H and O–H groups in total. The number of hydrogen-bond donors (Lipinski definition) is 1. The number of amides is 1. The molecule has 0 unspecified atom stereocenters. The molecule has 0 saturated carbocycles. The summed E-state index contributed by atoms with van der Waals surface area (Å²) in [6.07, 6.45) is 0. The van der Waals surface area contributed by atoms with E-state index in [9.17, 15) is 9.18 Å². The van der Waals surface area contributed by atoms with Crippen LogP contribution in [-0.2, 0) is 0 Å². The van der Waals surface area contributed by atoms with Gasteiger partial charge in [0, 0.05) is 43.2 Å². The molecule has 1 aliphatic rings. The van der Waals surface area contributed by atoms with Crippen molar-refractivity contribution in [3.05, 3.63) is 34.1 Å². The van der Waals surface area contributed by atoms with Gasteiger partial charge in [-0.2, -0.15) is 11.8 Å². The number of carbonyl (C=O) groups is 1. The molecule has 1 heterocycles. The number of nitrogens with zero attached hydrogens (tertiary/aromatic N) is 1. The molecule has 0 atom stereocenters. The van der Waals surface area contributed by atoms with E-state index in [0.29, 0.717) is 16.6 Å². The Balaban J connectivity index is 1.78. The molecule has 1 aromatic rings. The third-order valence-corrected chi connectivity index (χ3v) is 4.58. The van der Waals surface area contributed by atoms with Gasteiger partial charge in [-0.1, -0.05) is 0 Å². The number of carbonyl (C=O) groups excluding carboxylic acids is 1. The summed E-state index contributed by atoms with van der Waals surface area (Å²) in [7, 11) is 0. The molecule has 0 aromatic heterocycles. The van der Waals surface area contributed by atoms with Crippen molar-refractivity contribution >= 4 is 33.6 Å². The third-order valence-electron chi connectivity index (χ3n) is 3.00. The van der Waals surface area contributed by atoms with Crippen LogP contribution in [0.4, 0.5) is 4.39 Å². The lowest BCUT2D eigenvalue weighted by Gasteiger charge is -2.25. The Bertz CT molecular complexity index is 452. The molecule has 2 rings (SSSR count). The topological polar surface area (TPSA) is 32.3 Å². The molecule has 104 valence electrons.